The first-order valence-electron chi connectivity index (χ1n) is 10.4. The van der Waals surface area contributed by atoms with Crippen molar-refractivity contribution in [1.82, 2.24) is 15.3 Å². The summed E-state index contributed by atoms with van der Waals surface area (Å²) in [6, 6.07) is 12.6. The first-order chi connectivity index (χ1) is 13.7. The lowest BCUT2D eigenvalue weighted by molar-refractivity contribution is 0.0922. The lowest BCUT2D eigenvalue weighted by Gasteiger charge is -2.36. The fourth-order valence-electron chi connectivity index (χ4n) is 4.12. The molecule has 1 aromatic heterocycles. The summed E-state index contributed by atoms with van der Waals surface area (Å²) >= 11 is 0. The van der Waals surface area contributed by atoms with Gasteiger partial charge in [0, 0.05) is 43.6 Å². The largest absolute Gasteiger partial charge is 0.368 e. The van der Waals surface area contributed by atoms with Crippen LogP contribution < -0.4 is 15.1 Å². The zero-order valence-corrected chi connectivity index (χ0v) is 16.6. The summed E-state index contributed by atoms with van der Waals surface area (Å²) in [6.07, 6.45) is 5.82. The van der Waals surface area contributed by atoms with Crippen LogP contribution in [0, 0.1) is 6.92 Å². The predicted octanol–water partition coefficient (Wildman–Crippen LogP) is 3.17. The van der Waals surface area contributed by atoms with Gasteiger partial charge in [-0.05, 0) is 38.0 Å². The maximum Gasteiger partial charge on any atom is 0.270 e. The fraction of sp³-hybridized carbons (Fsp3) is 0.500. The van der Waals surface area contributed by atoms with E-state index in [0.717, 1.165) is 44.7 Å². The second kappa shape index (κ2) is 8.59. The molecule has 0 atom stereocenters. The molecule has 1 aliphatic carbocycles. The SMILES string of the molecule is Cc1cc(C(=O)NC2CCCCC2)nc(N2CCN(c3ccccc3)CC2)n1. The first-order valence-corrected chi connectivity index (χ1v) is 10.4. The van der Waals surface area contributed by atoms with E-state index < -0.39 is 0 Å². The lowest BCUT2D eigenvalue weighted by atomic mass is 9.95. The number of piperazine rings is 1. The van der Waals surface area contributed by atoms with Crippen LogP contribution in [0.5, 0.6) is 0 Å². The molecule has 0 bridgehead atoms. The molecule has 148 valence electrons. The van der Waals surface area contributed by atoms with Gasteiger partial charge in [-0.15, -0.1) is 0 Å². The number of rotatable bonds is 4. The van der Waals surface area contributed by atoms with Gasteiger partial charge in [-0.25, -0.2) is 9.97 Å². The van der Waals surface area contributed by atoms with E-state index in [1.54, 1.807) is 6.07 Å². The predicted molar refractivity (Wildman–Crippen MR) is 112 cm³/mol. The Balaban J connectivity index is 1.42. The van der Waals surface area contributed by atoms with E-state index >= 15 is 0 Å². The van der Waals surface area contributed by atoms with E-state index in [9.17, 15) is 4.79 Å². The van der Waals surface area contributed by atoms with Gasteiger partial charge in [0.2, 0.25) is 5.95 Å². The molecule has 4 rings (SSSR count). The number of amides is 1. The number of nitrogens with one attached hydrogen (secondary N) is 1. The van der Waals surface area contributed by atoms with Crippen molar-refractivity contribution in [2.45, 2.75) is 45.1 Å². The zero-order valence-electron chi connectivity index (χ0n) is 16.6. The molecule has 0 radical (unpaired) electrons. The summed E-state index contributed by atoms with van der Waals surface area (Å²) in [7, 11) is 0. The molecule has 1 aliphatic heterocycles. The number of nitrogens with zero attached hydrogens (tertiary/aromatic N) is 4. The Morgan fingerprint density at radius 2 is 1.64 bits per heavy atom. The highest BCUT2D eigenvalue weighted by molar-refractivity contribution is 5.92. The van der Waals surface area contributed by atoms with Crippen molar-refractivity contribution in [3.05, 3.63) is 47.8 Å². The molecule has 1 saturated carbocycles. The third-order valence-electron chi connectivity index (χ3n) is 5.70. The van der Waals surface area contributed by atoms with Crippen LogP contribution in [0.3, 0.4) is 0 Å². The highest BCUT2D eigenvalue weighted by Gasteiger charge is 2.22. The Labute approximate surface area is 167 Å². The van der Waals surface area contributed by atoms with Crippen molar-refractivity contribution in [3.8, 4) is 0 Å². The van der Waals surface area contributed by atoms with Gasteiger partial charge < -0.3 is 15.1 Å². The van der Waals surface area contributed by atoms with Gasteiger partial charge in [0.15, 0.2) is 0 Å². The van der Waals surface area contributed by atoms with Gasteiger partial charge in [0.05, 0.1) is 0 Å². The standard InChI is InChI=1S/C22H29N5O/c1-17-16-20(21(28)24-18-8-4-2-5-9-18)25-22(23-17)27-14-12-26(13-15-27)19-10-6-3-7-11-19/h3,6-7,10-11,16,18H,2,4-5,8-9,12-15H2,1H3,(H,24,28). The van der Waals surface area contributed by atoms with Gasteiger partial charge in [-0.3, -0.25) is 4.79 Å². The van der Waals surface area contributed by atoms with Crippen LogP contribution in [0.25, 0.3) is 0 Å². The molecule has 1 N–H and O–H groups in total. The number of para-hydroxylation sites is 1. The normalized spacial score (nSPS) is 18.2. The maximum atomic E-state index is 12.7. The topological polar surface area (TPSA) is 61.4 Å². The molecule has 2 fully saturated rings. The molecule has 6 nitrogen and oxygen atoms in total. The van der Waals surface area contributed by atoms with Crippen LogP contribution in [-0.4, -0.2) is 48.1 Å². The summed E-state index contributed by atoms with van der Waals surface area (Å²) in [5.41, 5.74) is 2.57. The van der Waals surface area contributed by atoms with Crippen LogP contribution in [0.15, 0.2) is 36.4 Å². The Bertz CT molecular complexity index is 796. The summed E-state index contributed by atoms with van der Waals surface area (Å²) in [5.74, 6) is 0.600. The van der Waals surface area contributed by atoms with E-state index in [2.05, 4.69) is 49.4 Å². The molecule has 2 aliphatic rings. The van der Waals surface area contributed by atoms with Crippen LogP contribution in [0.2, 0.25) is 0 Å². The second-order valence-corrected chi connectivity index (χ2v) is 7.81. The van der Waals surface area contributed by atoms with E-state index in [-0.39, 0.29) is 11.9 Å². The van der Waals surface area contributed by atoms with Gasteiger partial charge in [0.25, 0.3) is 5.91 Å². The van der Waals surface area contributed by atoms with E-state index in [1.807, 2.05) is 13.0 Å². The van der Waals surface area contributed by atoms with Crippen molar-refractivity contribution in [2.75, 3.05) is 36.0 Å². The highest BCUT2D eigenvalue weighted by atomic mass is 16.1. The average molecular weight is 380 g/mol. The molecule has 1 saturated heterocycles. The lowest BCUT2D eigenvalue weighted by Crippen LogP contribution is -2.47. The summed E-state index contributed by atoms with van der Waals surface area (Å²) in [4.78, 5) is 26.5. The third-order valence-corrected chi connectivity index (χ3v) is 5.70. The van der Waals surface area contributed by atoms with E-state index in [1.165, 1.54) is 24.9 Å². The summed E-state index contributed by atoms with van der Waals surface area (Å²) < 4.78 is 0. The van der Waals surface area contributed by atoms with Crippen LogP contribution in [0.1, 0.15) is 48.3 Å². The van der Waals surface area contributed by atoms with Gasteiger partial charge in [0.1, 0.15) is 5.69 Å². The smallest absolute Gasteiger partial charge is 0.270 e. The number of hydrogen-bond donors (Lipinski definition) is 1. The Morgan fingerprint density at radius 1 is 0.964 bits per heavy atom. The number of aromatic nitrogens is 2. The molecular formula is C22H29N5O. The van der Waals surface area contributed by atoms with Crippen molar-refractivity contribution in [1.29, 1.82) is 0 Å². The van der Waals surface area contributed by atoms with Gasteiger partial charge in [-0.2, -0.15) is 0 Å². The van der Waals surface area contributed by atoms with Gasteiger partial charge >= 0.3 is 0 Å². The zero-order chi connectivity index (χ0) is 19.3. The number of carbonyl (C=O) groups excluding carboxylic acids is 1. The number of carbonyl (C=O) groups is 1. The van der Waals surface area contributed by atoms with Crippen LogP contribution >= 0.6 is 0 Å². The second-order valence-electron chi connectivity index (χ2n) is 7.81. The van der Waals surface area contributed by atoms with Crippen molar-refractivity contribution >= 4 is 17.5 Å². The van der Waals surface area contributed by atoms with Crippen molar-refractivity contribution < 1.29 is 4.79 Å². The third kappa shape index (κ3) is 4.43. The van der Waals surface area contributed by atoms with Crippen molar-refractivity contribution in [3.63, 3.8) is 0 Å². The van der Waals surface area contributed by atoms with Crippen LogP contribution in [-0.2, 0) is 0 Å². The molecule has 1 amide bonds. The average Bonchev–Trinajstić information content (AvgIpc) is 2.75. The molecule has 1 aromatic carbocycles. The molecule has 28 heavy (non-hydrogen) atoms. The number of anilines is 2. The number of aryl methyl sites for hydroxylation is 1. The van der Waals surface area contributed by atoms with E-state index in [0.29, 0.717) is 11.6 Å². The molecular weight excluding hydrogens is 350 g/mol. The molecule has 2 aromatic rings. The van der Waals surface area contributed by atoms with E-state index in [4.69, 9.17) is 0 Å². The maximum absolute atomic E-state index is 12.7. The minimum Gasteiger partial charge on any atom is -0.368 e. The Hall–Kier alpha value is -2.63. The minimum absolute atomic E-state index is 0.0680. The van der Waals surface area contributed by atoms with Crippen LogP contribution in [0.4, 0.5) is 11.6 Å². The fourth-order valence-corrected chi connectivity index (χ4v) is 4.12. The molecule has 0 spiro atoms. The number of hydrogen-bond acceptors (Lipinski definition) is 5. The quantitative estimate of drug-likeness (QED) is 0.884. The molecule has 6 heteroatoms. The minimum atomic E-state index is -0.0680. The summed E-state index contributed by atoms with van der Waals surface area (Å²) in [6.45, 7) is 5.47. The summed E-state index contributed by atoms with van der Waals surface area (Å²) in [5, 5.41) is 3.17. The number of benzene rings is 1. The Kier molecular flexibility index (Phi) is 5.74. The van der Waals surface area contributed by atoms with Gasteiger partial charge in [-0.1, -0.05) is 37.5 Å². The molecule has 2 heterocycles. The molecule has 0 unspecified atom stereocenters. The highest BCUT2D eigenvalue weighted by Crippen LogP contribution is 2.20. The monoisotopic (exact) mass is 379 g/mol. The van der Waals surface area contributed by atoms with Crippen molar-refractivity contribution in [2.24, 2.45) is 0 Å². The Morgan fingerprint density at radius 3 is 2.36 bits per heavy atom. The first kappa shape index (κ1) is 18.7.